The average Bonchev–Trinajstić information content (AvgIpc) is 3.17. The summed E-state index contributed by atoms with van der Waals surface area (Å²) in [6.45, 7) is -0.569. The van der Waals surface area contributed by atoms with E-state index in [4.69, 9.17) is 21.1 Å². The second-order valence-electron chi connectivity index (χ2n) is 6.40. The van der Waals surface area contributed by atoms with Crippen LogP contribution in [0.2, 0.25) is 5.02 Å². The third-order valence-electron chi connectivity index (χ3n) is 4.88. The fraction of sp³-hybridized carbons (Fsp3) is 0.238. The Morgan fingerprint density at radius 2 is 1.96 bits per heavy atom. The van der Waals surface area contributed by atoms with Crippen LogP contribution < -0.4 is 14.4 Å². The third kappa shape index (κ3) is 3.02. The van der Waals surface area contributed by atoms with Crippen molar-refractivity contribution in [2.75, 3.05) is 32.3 Å². The summed E-state index contributed by atoms with van der Waals surface area (Å²) in [5.74, 6) is 1.30. The highest BCUT2D eigenvalue weighted by Gasteiger charge is 2.30. The van der Waals surface area contributed by atoms with Crippen LogP contribution in [0.15, 0.2) is 54.7 Å². The molecule has 0 fully saturated rings. The van der Waals surface area contributed by atoms with Gasteiger partial charge in [0.05, 0.1) is 29.5 Å². The zero-order valence-corrected chi connectivity index (χ0v) is 15.9. The molecule has 1 aromatic heterocycles. The van der Waals surface area contributed by atoms with Gasteiger partial charge in [-0.25, -0.2) is 4.39 Å². The lowest BCUT2D eigenvalue weighted by Crippen LogP contribution is -2.31. The Morgan fingerprint density at radius 3 is 2.74 bits per heavy atom. The van der Waals surface area contributed by atoms with Gasteiger partial charge in [-0.2, -0.15) is 0 Å². The van der Waals surface area contributed by atoms with Gasteiger partial charge in [-0.05, 0) is 42.0 Å². The zero-order chi connectivity index (χ0) is 19.0. The molecule has 1 unspecified atom stereocenters. The molecule has 0 amide bonds. The minimum absolute atomic E-state index is 0.0138. The van der Waals surface area contributed by atoms with Gasteiger partial charge >= 0.3 is 0 Å². The molecule has 0 saturated carbocycles. The van der Waals surface area contributed by atoms with Gasteiger partial charge in [-0.1, -0.05) is 17.7 Å². The number of alkyl halides is 1. The van der Waals surface area contributed by atoms with Crippen LogP contribution in [-0.4, -0.2) is 32.0 Å². The van der Waals surface area contributed by atoms with E-state index in [9.17, 15) is 4.39 Å². The molecule has 140 valence electrons. The predicted molar refractivity (Wildman–Crippen MR) is 105 cm³/mol. The van der Waals surface area contributed by atoms with Crippen molar-refractivity contribution in [1.82, 2.24) is 4.57 Å². The number of hydrogen-bond donors (Lipinski definition) is 0. The van der Waals surface area contributed by atoms with E-state index in [2.05, 4.69) is 34.8 Å². The van der Waals surface area contributed by atoms with Crippen LogP contribution in [0.25, 0.3) is 5.69 Å². The average molecular weight is 386 g/mol. The SMILES string of the molecule is COc1ccc2c(c1)N(C)C(c1ccc(Cl)c(OCC[18F])c1)c1cccn1-2. The Hall–Kier alpha value is -2.66. The summed E-state index contributed by atoms with van der Waals surface area (Å²) in [5.41, 5.74) is 4.31. The van der Waals surface area contributed by atoms with E-state index >= 15 is 0 Å². The molecule has 2 aromatic carbocycles. The van der Waals surface area contributed by atoms with Gasteiger partial charge in [-0.15, -0.1) is 0 Å². The van der Waals surface area contributed by atoms with Crippen molar-refractivity contribution >= 4 is 17.3 Å². The van der Waals surface area contributed by atoms with Gasteiger partial charge in [-0.3, -0.25) is 0 Å². The number of methoxy groups -OCH3 is 1. The second-order valence-corrected chi connectivity index (χ2v) is 6.81. The Morgan fingerprint density at radius 1 is 1.11 bits per heavy atom. The summed E-state index contributed by atoms with van der Waals surface area (Å²) in [5, 5.41) is 0.475. The first kappa shape index (κ1) is 17.7. The van der Waals surface area contributed by atoms with E-state index in [-0.39, 0.29) is 12.6 Å². The third-order valence-corrected chi connectivity index (χ3v) is 5.19. The van der Waals surface area contributed by atoms with Gasteiger partial charge in [0.1, 0.15) is 24.8 Å². The predicted octanol–water partition coefficient (Wildman–Crippen LogP) is 5.03. The minimum atomic E-state index is -0.556. The van der Waals surface area contributed by atoms with E-state index in [0.29, 0.717) is 10.8 Å². The quantitative estimate of drug-likeness (QED) is 0.616. The van der Waals surface area contributed by atoms with Crippen LogP contribution in [0.5, 0.6) is 11.5 Å². The van der Waals surface area contributed by atoms with Crippen molar-refractivity contribution in [3.63, 3.8) is 0 Å². The number of hydrogen-bond acceptors (Lipinski definition) is 3. The van der Waals surface area contributed by atoms with Gasteiger partial charge in [0, 0.05) is 25.0 Å². The fourth-order valence-corrected chi connectivity index (χ4v) is 3.81. The molecule has 4 nitrogen and oxygen atoms in total. The van der Waals surface area contributed by atoms with Crippen LogP contribution in [0.1, 0.15) is 17.3 Å². The fourth-order valence-electron chi connectivity index (χ4n) is 3.63. The molecule has 0 aliphatic carbocycles. The van der Waals surface area contributed by atoms with E-state index < -0.39 is 6.67 Å². The van der Waals surface area contributed by atoms with Crippen molar-refractivity contribution in [1.29, 1.82) is 0 Å². The van der Waals surface area contributed by atoms with Crippen molar-refractivity contribution in [2.45, 2.75) is 6.04 Å². The van der Waals surface area contributed by atoms with Gasteiger partial charge < -0.3 is 18.9 Å². The monoisotopic (exact) mass is 385 g/mol. The van der Waals surface area contributed by atoms with Crippen LogP contribution in [0, 0.1) is 0 Å². The lowest BCUT2D eigenvalue weighted by Gasteiger charge is -2.37. The topological polar surface area (TPSA) is 26.6 Å². The second kappa shape index (κ2) is 7.16. The summed E-state index contributed by atoms with van der Waals surface area (Å²) in [6.07, 6.45) is 2.05. The molecular formula is C21H20ClFN2O2. The maximum Gasteiger partial charge on any atom is 0.138 e. The molecule has 1 aliphatic heterocycles. The van der Waals surface area contributed by atoms with Gasteiger partial charge in [0.2, 0.25) is 0 Å². The van der Waals surface area contributed by atoms with Crippen LogP contribution in [-0.2, 0) is 0 Å². The molecule has 1 aliphatic rings. The van der Waals surface area contributed by atoms with Crippen molar-refractivity contribution < 1.29 is 13.9 Å². The highest BCUT2D eigenvalue weighted by molar-refractivity contribution is 6.32. The summed E-state index contributed by atoms with van der Waals surface area (Å²) in [7, 11) is 3.72. The van der Waals surface area contributed by atoms with E-state index in [1.807, 2.05) is 30.3 Å². The van der Waals surface area contributed by atoms with Gasteiger partial charge in [0.15, 0.2) is 0 Å². The molecule has 0 saturated heterocycles. The summed E-state index contributed by atoms with van der Waals surface area (Å²) in [6, 6.07) is 15.8. The highest BCUT2D eigenvalue weighted by Crippen LogP contribution is 2.43. The van der Waals surface area contributed by atoms with E-state index in [1.54, 1.807) is 13.2 Å². The Labute approximate surface area is 162 Å². The molecule has 3 aromatic rings. The molecule has 0 radical (unpaired) electrons. The first-order valence-corrected chi connectivity index (χ1v) is 9.08. The molecule has 1 atom stereocenters. The molecule has 0 spiro atoms. The van der Waals surface area contributed by atoms with Crippen molar-refractivity contribution in [2.24, 2.45) is 0 Å². The van der Waals surface area contributed by atoms with Crippen LogP contribution >= 0.6 is 11.6 Å². The number of nitrogens with zero attached hydrogens (tertiary/aromatic N) is 2. The van der Waals surface area contributed by atoms with E-state index in [1.165, 1.54) is 0 Å². The number of aromatic nitrogens is 1. The Bertz CT molecular complexity index is 973. The largest absolute Gasteiger partial charge is 0.497 e. The first-order valence-electron chi connectivity index (χ1n) is 8.70. The number of rotatable bonds is 5. The molecule has 6 heteroatoms. The number of halogens is 2. The summed E-state index contributed by atoms with van der Waals surface area (Å²) < 4.78 is 25.6. The number of anilines is 1. The number of benzene rings is 2. The van der Waals surface area contributed by atoms with Crippen LogP contribution in [0.4, 0.5) is 10.1 Å². The molecule has 2 heterocycles. The standard InChI is InChI=1S/C21H20ClFN2O2/c1-24-19-13-15(26-2)6-8-17(19)25-10-3-4-18(25)21(24)14-5-7-16(22)20(12-14)27-11-9-23/h3-8,10,12-13,21H,9,11H2,1-2H3/i23-1. The smallest absolute Gasteiger partial charge is 0.138 e. The minimum Gasteiger partial charge on any atom is -0.497 e. The molecule has 4 rings (SSSR count). The maximum absolute atomic E-state index is 12.5. The number of fused-ring (bicyclic) bond motifs is 3. The maximum atomic E-state index is 12.5. The molecule has 27 heavy (non-hydrogen) atoms. The Balaban J connectivity index is 1.82. The van der Waals surface area contributed by atoms with Gasteiger partial charge in [0.25, 0.3) is 0 Å². The highest BCUT2D eigenvalue weighted by atomic mass is 35.5. The lowest BCUT2D eigenvalue weighted by molar-refractivity contribution is 0.273. The first-order chi connectivity index (χ1) is 13.1. The van der Waals surface area contributed by atoms with Crippen molar-refractivity contribution in [3.8, 4) is 17.2 Å². The van der Waals surface area contributed by atoms with Crippen molar-refractivity contribution in [3.05, 3.63) is 71.0 Å². The molecular weight excluding hydrogens is 366 g/mol. The lowest BCUT2D eigenvalue weighted by atomic mass is 9.98. The molecule has 0 bridgehead atoms. The van der Waals surface area contributed by atoms with E-state index in [0.717, 1.165) is 28.4 Å². The number of ether oxygens (including phenoxy) is 2. The summed E-state index contributed by atoms with van der Waals surface area (Å²) >= 11 is 6.22. The van der Waals surface area contributed by atoms with Crippen LogP contribution in [0.3, 0.4) is 0 Å². The Kier molecular flexibility index (Phi) is 4.70. The molecule has 0 N–H and O–H groups in total. The zero-order valence-electron chi connectivity index (χ0n) is 15.2. The summed E-state index contributed by atoms with van der Waals surface area (Å²) in [4.78, 5) is 2.20. The normalized spacial score (nSPS) is 15.3.